The van der Waals surface area contributed by atoms with Gasteiger partial charge in [0.15, 0.2) is 0 Å². The summed E-state index contributed by atoms with van der Waals surface area (Å²) in [7, 11) is 1.56. The molecule has 12 nitrogen and oxygen atoms in total. The van der Waals surface area contributed by atoms with E-state index in [9.17, 15) is 14.4 Å². The number of likely N-dealkylation sites (tertiary alicyclic amines) is 1. The first-order chi connectivity index (χ1) is 23.7. The number of rotatable bonds is 6. The molecule has 0 N–H and O–H groups in total. The first kappa shape index (κ1) is 31.8. The third-order valence-corrected chi connectivity index (χ3v) is 11.0. The molecule has 2 aromatic heterocycles. The molecular formula is C37H43N7O5. The lowest BCUT2D eigenvalue weighted by Crippen LogP contribution is -2.43. The molecule has 1 aromatic carbocycles. The topological polar surface area (TPSA) is 126 Å². The summed E-state index contributed by atoms with van der Waals surface area (Å²) in [5.74, 6) is 1.06. The van der Waals surface area contributed by atoms with Crippen molar-refractivity contribution in [1.82, 2.24) is 24.6 Å². The van der Waals surface area contributed by atoms with E-state index in [-0.39, 0.29) is 24.0 Å². The van der Waals surface area contributed by atoms with Crippen LogP contribution in [0.1, 0.15) is 62.8 Å². The third-order valence-electron chi connectivity index (χ3n) is 11.0. The second kappa shape index (κ2) is 12.5. The number of nitrogens with zero attached hydrogens (tertiary/aromatic N) is 7. The summed E-state index contributed by atoms with van der Waals surface area (Å²) in [5.41, 5.74) is 5.68. The summed E-state index contributed by atoms with van der Waals surface area (Å²) >= 11 is 0. The molecule has 3 aromatic rings. The number of amides is 2. The number of pyridine rings is 1. The summed E-state index contributed by atoms with van der Waals surface area (Å²) in [6.07, 6.45) is 6.67. The van der Waals surface area contributed by atoms with Gasteiger partial charge < -0.3 is 14.1 Å². The fourth-order valence-electron chi connectivity index (χ4n) is 8.42. The van der Waals surface area contributed by atoms with Crippen LogP contribution in [0.25, 0.3) is 17.0 Å². The van der Waals surface area contributed by atoms with E-state index in [1.165, 1.54) is 10.3 Å². The van der Waals surface area contributed by atoms with E-state index in [1.807, 2.05) is 40.1 Å². The fourth-order valence-corrected chi connectivity index (χ4v) is 8.42. The van der Waals surface area contributed by atoms with Gasteiger partial charge in [0.25, 0.3) is 0 Å². The Morgan fingerprint density at radius 1 is 0.980 bits per heavy atom. The van der Waals surface area contributed by atoms with Crippen molar-refractivity contribution in [2.45, 2.75) is 64.7 Å². The molecule has 1 spiro atoms. The molecule has 0 saturated carbocycles. The number of fused-ring (bicyclic) bond motifs is 1. The van der Waals surface area contributed by atoms with E-state index in [0.29, 0.717) is 56.9 Å². The molecule has 8 rings (SSSR count). The van der Waals surface area contributed by atoms with E-state index in [1.54, 1.807) is 7.05 Å². The molecular weight excluding hydrogens is 622 g/mol. The smallest absolute Gasteiger partial charge is 0.388 e. The standard InChI is InChI=1S/C37H43N7O5/c1-23-18-29(19-24(2)48-23)32-33-28(20-38-32)8-9-30(39-33)44-17-13-37(35(44)46)12-16-42(22-37)21-31(45)43-14-10-26(11-15-43)25-4-6-27(7-5-25)34-40-41(3)36(47)49-34/h4-10,23-24,29H,11-22H2,1-3H3/t23-,24+,29?,37-/m0/s1. The van der Waals surface area contributed by atoms with Crippen LogP contribution in [0.15, 0.2) is 56.7 Å². The van der Waals surface area contributed by atoms with Gasteiger partial charge in [0, 0.05) is 50.3 Å². The molecule has 0 bridgehead atoms. The zero-order chi connectivity index (χ0) is 33.9. The highest BCUT2D eigenvalue weighted by atomic mass is 16.5. The van der Waals surface area contributed by atoms with Crippen molar-refractivity contribution in [3.8, 4) is 11.5 Å². The molecule has 7 heterocycles. The Kier molecular flexibility index (Phi) is 8.10. The molecule has 5 aliphatic heterocycles. The van der Waals surface area contributed by atoms with Crippen molar-refractivity contribution in [2.24, 2.45) is 23.4 Å². The van der Waals surface area contributed by atoms with Crippen LogP contribution in [-0.2, 0) is 27.9 Å². The summed E-state index contributed by atoms with van der Waals surface area (Å²) in [4.78, 5) is 54.9. The maximum Gasteiger partial charge on any atom is 0.437 e. The predicted octanol–water partition coefficient (Wildman–Crippen LogP) is 3.69. The maximum absolute atomic E-state index is 14.0. The first-order valence-corrected chi connectivity index (χ1v) is 17.5. The highest BCUT2D eigenvalue weighted by Gasteiger charge is 2.51. The van der Waals surface area contributed by atoms with Crippen LogP contribution >= 0.6 is 0 Å². The first-order valence-electron chi connectivity index (χ1n) is 17.5. The molecule has 3 saturated heterocycles. The molecule has 49 heavy (non-hydrogen) atoms. The molecule has 0 radical (unpaired) electrons. The number of carbonyl (C=O) groups excluding carboxylic acids is 2. The number of benzene rings is 1. The number of anilines is 1. The lowest BCUT2D eigenvalue weighted by molar-refractivity contribution is -0.132. The Labute approximate surface area is 285 Å². The average molecular weight is 666 g/mol. The maximum atomic E-state index is 14.0. The highest BCUT2D eigenvalue weighted by Crippen LogP contribution is 2.42. The normalized spacial score (nSPS) is 27.2. The van der Waals surface area contributed by atoms with Crippen LogP contribution in [0.3, 0.4) is 0 Å². The van der Waals surface area contributed by atoms with E-state index in [4.69, 9.17) is 19.1 Å². The molecule has 256 valence electrons. The SMILES string of the molecule is C[C@@H]1CC(C2=NCc3ccc(N4CC[C@]5(CCN(CC(=O)N6CC=C(c7ccc(-c8nn(C)c(=O)o8)cc7)CC6)C5)C4=O)nc32)C[C@H](C)O1. The Bertz CT molecular complexity index is 1900. The van der Waals surface area contributed by atoms with Crippen molar-refractivity contribution in [3.05, 3.63) is 69.8 Å². The molecule has 12 heteroatoms. The average Bonchev–Trinajstić information content (AvgIpc) is 3.87. The zero-order valence-corrected chi connectivity index (χ0v) is 28.4. The minimum absolute atomic E-state index is 0.0963. The van der Waals surface area contributed by atoms with Gasteiger partial charge in [0.2, 0.25) is 17.7 Å². The monoisotopic (exact) mass is 665 g/mol. The van der Waals surface area contributed by atoms with Gasteiger partial charge in [-0.05, 0) is 81.8 Å². The van der Waals surface area contributed by atoms with Gasteiger partial charge in [0.1, 0.15) is 5.82 Å². The van der Waals surface area contributed by atoms with E-state index in [2.05, 4.69) is 36.0 Å². The van der Waals surface area contributed by atoms with E-state index >= 15 is 0 Å². The van der Waals surface area contributed by atoms with Crippen LogP contribution in [0.4, 0.5) is 5.82 Å². The van der Waals surface area contributed by atoms with Crippen molar-refractivity contribution >= 4 is 28.9 Å². The second-order valence-corrected chi connectivity index (χ2v) is 14.4. The van der Waals surface area contributed by atoms with E-state index < -0.39 is 11.2 Å². The fraction of sp³-hybridized carbons (Fsp3) is 0.514. The Balaban J connectivity index is 0.873. The van der Waals surface area contributed by atoms with Gasteiger partial charge in [-0.15, -0.1) is 5.10 Å². The van der Waals surface area contributed by atoms with Crippen LogP contribution < -0.4 is 10.7 Å². The largest absolute Gasteiger partial charge is 0.437 e. The number of aliphatic imine (C=N–C) groups is 1. The van der Waals surface area contributed by atoms with Gasteiger partial charge in [-0.3, -0.25) is 24.4 Å². The Morgan fingerprint density at radius 2 is 1.73 bits per heavy atom. The van der Waals surface area contributed by atoms with Crippen molar-refractivity contribution in [1.29, 1.82) is 0 Å². The van der Waals surface area contributed by atoms with E-state index in [0.717, 1.165) is 66.7 Å². The van der Waals surface area contributed by atoms with Crippen LogP contribution in [-0.4, -0.2) is 93.6 Å². The highest BCUT2D eigenvalue weighted by molar-refractivity contribution is 6.05. The van der Waals surface area contributed by atoms with Crippen molar-refractivity contribution < 1.29 is 18.7 Å². The van der Waals surface area contributed by atoms with Crippen LogP contribution in [0.2, 0.25) is 0 Å². The van der Waals surface area contributed by atoms with Gasteiger partial charge >= 0.3 is 5.76 Å². The summed E-state index contributed by atoms with van der Waals surface area (Å²) in [5, 5.41) is 4.11. The summed E-state index contributed by atoms with van der Waals surface area (Å²) in [6, 6.07) is 11.9. The summed E-state index contributed by atoms with van der Waals surface area (Å²) < 4.78 is 12.3. The second-order valence-electron chi connectivity index (χ2n) is 14.4. The Morgan fingerprint density at radius 3 is 2.45 bits per heavy atom. The van der Waals surface area contributed by atoms with Crippen molar-refractivity contribution in [3.63, 3.8) is 0 Å². The number of aryl methyl sites for hydroxylation is 1. The lowest BCUT2D eigenvalue weighted by Gasteiger charge is -2.32. The van der Waals surface area contributed by atoms with Gasteiger partial charge in [-0.2, -0.15) is 4.68 Å². The number of ether oxygens (including phenoxy) is 1. The van der Waals surface area contributed by atoms with Gasteiger partial charge in [-0.1, -0.05) is 24.3 Å². The zero-order valence-electron chi connectivity index (χ0n) is 28.4. The third kappa shape index (κ3) is 5.94. The molecule has 0 aliphatic carbocycles. The quantitative estimate of drug-likeness (QED) is 0.391. The number of aromatic nitrogens is 3. The predicted molar refractivity (Wildman–Crippen MR) is 184 cm³/mol. The van der Waals surface area contributed by atoms with Crippen molar-refractivity contribution in [2.75, 3.05) is 44.2 Å². The number of hydrogen-bond donors (Lipinski definition) is 0. The molecule has 4 atom stereocenters. The number of carbonyl (C=O) groups is 2. The molecule has 2 amide bonds. The molecule has 3 fully saturated rings. The summed E-state index contributed by atoms with van der Waals surface area (Å²) in [6.45, 7) is 8.39. The van der Waals surface area contributed by atoms with Crippen LogP contribution in [0.5, 0.6) is 0 Å². The molecule has 5 aliphatic rings. The molecule has 1 unspecified atom stereocenters. The van der Waals surface area contributed by atoms with Crippen LogP contribution in [0, 0.1) is 11.3 Å². The minimum Gasteiger partial charge on any atom is -0.388 e. The minimum atomic E-state index is -0.494. The lowest BCUT2D eigenvalue weighted by atomic mass is 9.85. The number of hydrogen-bond acceptors (Lipinski definition) is 9. The van der Waals surface area contributed by atoms with Gasteiger partial charge in [-0.25, -0.2) is 9.78 Å². The Hall–Kier alpha value is -4.42. The van der Waals surface area contributed by atoms with Gasteiger partial charge in [0.05, 0.1) is 42.1 Å².